The molecule has 0 aliphatic carbocycles. The van der Waals surface area contributed by atoms with Crippen LogP contribution >= 0.6 is 0 Å². The Morgan fingerprint density at radius 1 is 1.16 bits per heavy atom. The van der Waals surface area contributed by atoms with Crippen LogP contribution in [-0.2, 0) is 27.4 Å². The highest BCUT2D eigenvalue weighted by Crippen LogP contribution is 2.29. The normalized spacial score (nSPS) is 16.1. The van der Waals surface area contributed by atoms with E-state index >= 15 is 0 Å². The van der Waals surface area contributed by atoms with Crippen molar-refractivity contribution in [1.82, 2.24) is 0 Å². The van der Waals surface area contributed by atoms with Gasteiger partial charge in [0.25, 0.3) is 0 Å². The van der Waals surface area contributed by atoms with E-state index in [4.69, 9.17) is 9.15 Å². The molecule has 0 bridgehead atoms. The van der Waals surface area contributed by atoms with Gasteiger partial charge in [-0.2, -0.15) is 0 Å². The topological polar surface area (TPSA) is 97.1 Å². The number of anilines is 1. The van der Waals surface area contributed by atoms with Crippen LogP contribution in [-0.4, -0.2) is 23.5 Å². The van der Waals surface area contributed by atoms with Crippen molar-refractivity contribution < 1.29 is 23.8 Å². The van der Waals surface area contributed by atoms with Gasteiger partial charge in [-0.3, -0.25) is 9.59 Å². The van der Waals surface area contributed by atoms with E-state index in [-0.39, 0.29) is 36.8 Å². The van der Waals surface area contributed by atoms with Crippen LogP contribution in [0.5, 0.6) is 5.75 Å². The minimum atomic E-state index is -0.594. The molecule has 1 aliphatic rings. The minimum absolute atomic E-state index is 0.0490. The molecule has 0 radical (unpaired) electrons. The lowest BCUT2D eigenvalue weighted by atomic mass is 10.0. The quantitative estimate of drug-likeness (QED) is 0.501. The Hall–Kier alpha value is -3.61. The van der Waals surface area contributed by atoms with E-state index in [9.17, 15) is 19.5 Å². The molecule has 2 heterocycles. The Morgan fingerprint density at radius 3 is 2.61 bits per heavy atom. The third-order valence-corrected chi connectivity index (χ3v) is 5.58. The summed E-state index contributed by atoms with van der Waals surface area (Å²) in [5.41, 5.74) is 2.67. The molecule has 4 rings (SSSR count). The maximum atomic E-state index is 12.7. The zero-order valence-corrected chi connectivity index (χ0v) is 17.4. The Bertz CT molecular complexity index is 1210. The molecule has 0 unspecified atom stereocenters. The number of phenols is 1. The predicted octanol–water partition coefficient (Wildman–Crippen LogP) is 3.47. The highest BCUT2D eigenvalue weighted by atomic mass is 16.5. The molecule has 0 spiro atoms. The van der Waals surface area contributed by atoms with Crippen LogP contribution in [0.4, 0.5) is 5.69 Å². The number of esters is 1. The smallest absolute Gasteiger partial charge is 0.336 e. The molecule has 7 heteroatoms. The molecule has 0 saturated carbocycles. The molecule has 1 atom stereocenters. The van der Waals surface area contributed by atoms with Crippen LogP contribution in [0.2, 0.25) is 0 Å². The van der Waals surface area contributed by atoms with Crippen LogP contribution in [0.1, 0.15) is 30.0 Å². The number of hydrogen-bond donors (Lipinski definition) is 1. The summed E-state index contributed by atoms with van der Waals surface area (Å²) in [5, 5.41) is 10.6. The maximum Gasteiger partial charge on any atom is 0.336 e. The van der Waals surface area contributed by atoms with Crippen molar-refractivity contribution in [2.45, 2.75) is 33.3 Å². The first kappa shape index (κ1) is 20.7. The molecule has 3 aromatic rings. The Morgan fingerprint density at radius 2 is 1.90 bits per heavy atom. The number of nitrogens with zero attached hydrogens (tertiary/aromatic N) is 1. The summed E-state index contributed by atoms with van der Waals surface area (Å²) in [6.45, 7) is 4.00. The standard InChI is InChI=1S/C24H23NO6/c1-3-15-8-19-17(10-23(28)31-21(19)11-20(15)26)13-30-24(29)16-9-22(27)25(12-16)18-6-4-14(2)5-7-18/h4-8,10-11,16,26H,3,9,12-13H2,1-2H3/t16-/m0/s1. The number of carbonyl (C=O) groups excluding carboxylic acids is 2. The number of benzene rings is 2. The number of ether oxygens (including phenoxy) is 1. The number of fused-ring (bicyclic) bond motifs is 1. The third-order valence-electron chi connectivity index (χ3n) is 5.58. The second-order valence-corrected chi connectivity index (χ2v) is 7.77. The zero-order valence-electron chi connectivity index (χ0n) is 17.4. The summed E-state index contributed by atoms with van der Waals surface area (Å²) in [6, 6.07) is 12.0. The first-order valence-corrected chi connectivity index (χ1v) is 10.2. The number of amides is 1. The second kappa shape index (κ2) is 8.26. The fraction of sp³-hybridized carbons (Fsp3) is 0.292. The fourth-order valence-electron chi connectivity index (χ4n) is 3.82. The van der Waals surface area contributed by atoms with Gasteiger partial charge in [-0.05, 0) is 37.1 Å². The molecule has 1 aromatic heterocycles. The van der Waals surface area contributed by atoms with Crippen molar-refractivity contribution in [3.8, 4) is 5.75 Å². The molecule has 7 nitrogen and oxygen atoms in total. The molecule has 1 N–H and O–H groups in total. The first-order chi connectivity index (χ1) is 14.9. The van der Waals surface area contributed by atoms with Crippen LogP contribution in [0.25, 0.3) is 11.0 Å². The maximum absolute atomic E-state index is 12.7. The summed E-state index contributed by atoms with van der Waals surface area (Å²) < 4.78 is 10.6. The lowest BCUT2D eigenvalue weighted by molar-refractivity contribution is -0.149. The summed E-state index contributed by atoms with van der Waals surface area (Å²) in [5.74, 6) is -1.14. The molecule has 1 amide bonds. The second-order valence-electron chi connectivity index (χ2n) is 7.77. The van der Waals surface area contributed by atoms with Gasteiger partial charge in [-0.25, -0.2) is 4.79 Å². The van der Waals surface area contributed by atoms with E-state index in [1.54, 1.807) is 11.0 Å². The SMILES string of the molecule is CCc1cc2c(COC(=O)[C@H]3CC(=O)N(c4ccc(C)cc4)C3)cc(=O)oc2cc1O. The first-order valence-electron chi connectivity index (χ1n) is 10.2. The molecule has 1 saturated heterocycles. The Balaban J connectivity index is 1.50. The van der Waals surface area contributed by atoms with Crippen molar-refractivity contribution in [2.75, 3.05) is 11.4 Å². The fourth-order valence-corrected chi connectivity index (χ4v) is 3.82. The number of carbonyl (C=O) groups is 2. The number of hydrogen-bond acceptors (Lipinski definition) is 6. The summed E-state index contributed by atoms with van der Waals surface area (Å²) >= 11 is 0. The number of rotatable bonds is 5. The number of aromatic hydroxyl groups is 1. The molecule has 1 aliphatic heterocycles. The van der Waals surface area contributed by atoms with Gasteiger partial charge >= 0.3 is 11.6 Å². The van der Waals surface area contributed by atoms with Gasteiger partial charge in [0.2, 0.25) is 5.91 Å². The van der Waals surface area contributed by atoms with E-state index in [2.05, 4.69) is 0 Å². The average Bonchev–Trinajstić information content (AvgIpc) is 3.13. The van der Waals surface area contributed by atoms with Crippen molar-refractivity contribution in [3.63, 3.8) is 0 Å². The molecule has 31 heavy (non-hydrogen) atoms. The predicted molar refractivity (Wildman–Crippen MR) is 115 cm³/mol. The van der Waals surface area contributed by atoms with Crippen LogP contribution < -0.4 is 10.5 Å². The minimum Gasteiger partial charge on any atom is -0.508 e. The molecular formula is C24H23NO6. The number of aryl methyl sites for hydroxylation is 2. The van der Waals surface area contributed by atoms with E-state index < -0.39 is 17.5 Å². The lowest BCUT2D eigenvalue weighted by Crippen LogP contribution is -2.26. The van der Waals surface area contributed by atoms with Gasteiger partial charge in [0, 0.05) is 41.7 Å². The van der Waals surface area contributed by atoms with Crippen molar-refractivity contribution in [2.24, 2.45) is 5.92 Å². The average molecular weight is 421 g/mol. The molecular weight excluding hydrogens is 398 g/mol. The van der Waals surface area contributed by atoms with Crippen LogP contribution in [0.3, 0.4) is 0 Å². The monoisotopic (exact) mass is 421 g/mol. The Kier molecular flexibility index (Phi) is 5.50. The highest BCUT2D eigenvalue weighted by Gasteiger charge is 2.36. The van der Waals surface area contributed by atoms with Gasteiger partial charge < -0.3 is 19.2 Å². The van der Waals surface area contributed by atoms with Gasteiger partial charge in [0.15, 0.2) is 0 Å². The summed E-state index contributed by atoms with van der Waals surface area (Å²) in [6.07, 6.45) is 0.678. The summed E-state index contributed by atoms with van der Waals surface area (Å²) in [4.78, 5) is 38.6. The van der Waals surface area contributed by atoms with E-state index in [0.29, 0.717) is 22.9 Å². The highest BCUT2D eigenvalue weighted by molar-refractivity contribution is 5.99. The van der Waals surface area contributed by atoms with Crippen LogP contribution in [0.15, 0.2) is 51.7 Å². The van der Waals surface area contributed by atoms with Gasteiger partial charge in [-0.1, -0.05) is 24.6 Å². The van der Waals surface area contributed by atoms with Crippen molar-refractivity contribution in [3.05, 3.63) is 69.6 Å². The van der Waals surface area contributed by atoms with Crippen LogP contribution in [0, 0.1) is 12.8 Å². The Labute approximate surface area is 178 Å². The molecule has 2 aromatic carbocycles. The summed E-state index contributed by atoms with van der Waals surface area (Å²) in [7, 11) is 0. The molecule has 1 fully saturated rings. The largest absolute Gasteiger partial charge is 0.508 e. The van der Waals surface area contributed by atoms with Crippen molar-refractivity contribution in [1.29, 1.82) is 0 Å². The van der Waals surface area contributed by atoms with Gasteiger partial charge in [-0.15, -0.1) is 0 Å². The zero-order chi connectivity index (χ0) is 22.1. The van der Waals surface area contributed by atoms with Gasteiger partial charge in [0.05, 0.1) is 5.92 Å². The molecule has 160 valence electrons. The number of phenolic OH excluding ortho intramolecular Hbond substituents is 1. The van der Waals surface area contributed by atoms with Crippen molar-refractivity contribution >= 4 is 28.5 Å². The van der Waals surface area contributed by atoms with Gasteiger partial charge in [0.1, 0.15) is 17.9 Å². The van der Waals surface area contributed by atoms with E-state index in [1.807, 2.05) is 38.1 Å². The van der Waals surface area contributed by atoms with E-state index in [1.165, 1.54) is 12.1 Å². The van der Waals surface area contributed by atoms with E-state index in [0.717, 1.165) is 11.3 Å². The third kappa shape index (κ3) is 4.17. The lowest BCUT2D eigenvalue weighted by Gasteiger charge is -2.17.